The topological polar surface area (TPSA) is 98.1 Å². The lowest BCUT2D eigenvalue weighted by Crippen LogP contribution is -2.59. The number of esters is 1. The van der Waals surface area contributed by atoms with Gasteiger partial charge in [-0.3, -0.25) is 4.79 Å². The first kappa shape index (κ1) is 24.9. The Morgan fingerprint density at radius 1 is 1.18 bits per heavy atom. The molecule has 1 amide bonds. The van der Waals surface area contributed by atoms with Crippen molar-refractivity contribution < 1.29 is 19.1 Å². The molecule has 5 heterocycles. The van der Waals surface area contributed by atoms with E-state index in [1.807, 2.05) is 4.52 Å². The van der Waals surface area contributed by atoms with Crippen LogP contribution in [-0.4, -0.2) is 58.8 Å². The minimum absolute atomic E-state index is 0.104. The average molecular weight is 518 g/mol. The van der Waals surface area contributed by atoms with Gasteiger partial charge in [0.25, 0.3) is 0 Å². The molecule has 3 aliphatic heterocycles. The van der Waals surface area contributed by atoms with E-state index in [0.29, 0.717) is 18.7 Å². The van der Waals surface area contributed by atoms with Crippen molar-refractivity contribution in [2.24, 2.45) is 5.41 Å². The van der Waals surface area contributed by atoms with E-state index >= 15 is 0 Å². The summed E-state index contributed by atoms with van der Waals surface area (Å²) < 4.78 is 12.9. The van der Waals surface area contributed by atoms with Gasteiger partial charge in [0.05, 0.1) is 31.0 Å². The van der Waals surface area contributed by atoms with E-state index in [1.54, 1.807) is 13.8 Å². The van der Waals surface area contributed by atoms with Crippen LogP contribution in [0.2, 0.25) is 0 Å². The number of rotatable bonds is 6. The third-order valence-electron chi connectivity index (χ3n) is 8.80. The molecule has 0 unspecified atom stereocenters. The molecule has 2 bridgehead atoms. The van der Waals surface area contributed by atoms with Crippen molar-refractivity contribution in [3.05, 3.63) is 59.5 Å². The third kappa shape index (κ3) is 3.70. The number of pyridine rings is 1. The highest BCUT2D eigenvalue weighted by atomic mass is 16.5. The predicted molar refractivity (Wildman–Crippen MR) is 142 cm³/mol. The standard InChI is InChI=1S/C29H35N5O4/c1-19-13-21(33-12-11-27(4,17-33)20-9-7-6-8-10-20)14-34-22(19)30-23(32-34)29-15-28(16-29,18-38-29)24(35)31-26(2,3)25(36)37-5/h6-10,13-14H,11-12,15-18H2,1-5H3,(H,31,35)/t27-,28?,29?/m0/s1. The maximum absolute atomic E-state index is 13.1. The number of nitrogens with zero attached hydrogens (tertiary/aromatic N) is 4. The number of benzene rings is 1. The van der Waals surface area contributed by atoms with Crippen molar-refractivity contribution in [1.82, 2.24) is 19.9 Å². The minimum atomic E-state index is -1.11. The van der Waals surface area contributed by atoms with Gasteiger partial charge >= 0.3 is 5.97 Å². The summed E-state index contributed by atoms with van der Waals surface area (Å²) in [5, 5.41) is 7.69. The lowest BCUT2D eigenvalue weighted by atomic mass is 9.61. The quantitative estimate of drug-likeness (QED) is 0.501. The van der Waals surface area contributed by atoms with E-state index in [4.69, 9.17) is 19.6 Å². The van der Waals surface area contributed by atoms with Gasteiger partial charge in [-0.05, 0) is 44.4 Å². The molecule has 38 heavy (non-hydrogen) atoms. The van der Waals surface area contributed by atoms with Gasteiger partial charge in [0.2, 0.25) is 5.91 Å². The number of aromatic nitrogens is 3. The molecule has 1 saturated carbocycles. The summed E-state index contributed by atoms with van der Waals surface area (Å²) in [6.07, 6.45) is 4.13. The van der Waals surface area contributed by atoms with Gasteiger partial charge < -0.3 is 19.7 Å². The molecule has 3 aromatic rings. The second-order valence-electron chi connectivity index (χ2n) is 12.2. The maximum Gasteiger partial charge on any atom is 0.330 e. The molecule has 3 saturated heterocycles. The zero-order chi connectivity index (χ0) is 26.9. The smallest absolute Gasteiger partial charge is 0.330 e. The molecule has 9 heteroatoms. The van der Waals surface area contributed by atoms with Crippen LogP contribution >= 0.6 is 0 Å². The summed E-state index contributed by atoms with van der Waals surface area (Å²) in [4.78, 5) is 32.5. The van der Waals surface area contributed by atoms with Crippen molar-refractivity contribution in [1.29, 1.82) is 0 Å². The Bertz CT molecular complexity index is 1430. The molecule has 1 N–H and O–H groups in total. The fourth-order valence-corrected chi connectivity index (χ4v) is 6.45. The highest BCUT2D eigenvalue weighted by Crippen LogP contribution is 2.62. The number of ether oxygens (including phenoxy) is 2. The first-order valence-electron chi connectivity index (χ1n) is 13.2. The Morgan fingerprint density at radius 2 is 1.92 bits per heavy atom. The highest BCUT2D eigenvalue weighted by molar-refractivity contribution is 5.91. The Hall–Kier alpha value is -3.46. The number of carbonyl (C=O) groups is 2. The van der Waals surface area contributed by atoms with E-state index in [1.165, 1.54) is 12.7 Å². The van der Waals surface area contributed by atoms with Crippen LogP contribution in [0.3, 0.4) is 0 Å². The molecule has 9 nitrogen and oxygen atoms in total. The van der Waals surface area contributed by atoms with Crippen molar-refractivity contribution in [2.75, 3.05) is 31.7 Å². The van der Waals surface area contributed by atoms with Crippen molar-refractivity contribution in [2.45, 2.75) is 63.5 Å². The number of anilines is 1. The van der Waals surface area contributed by atoms with Gasteiger partial charge in [-0.2, -0.15) is 0 Å². The average Bonchev–Trinajstić information content (AvgIpc) is 3.65. The molecule has 1 atom stereocenters. The zero-order valence-electron chi connectivity index (χ0n) is 22.7. The second-order valence-corrected chi connectivity index (χ2v) is 12.2. The van der Waals surface area contributed by atoms with E-state index < -0.39 is 22.5 Å². The lowest BCUT2D eigenvalue weighted by Gasteiger charge is -2.42. The summed E-state index contributed by atoms with van der Waals surface area (Å²) in [6, 6.07) is 12.9. The Morgan fingerprint density at radius 3 is 2.63 bits per heavy atom. The molecular weight excluding hydrogens is 482 g/mol. The maximum atomic E-state index is 13.1. The molecular formula is C29H35N5O4. The number of nitrogens with one attached hydrogen (secondary N) is 1. The molecule has 1 aromatic carbocycles. The summed E-state index contributed by atoms with van der Waals surface area (Å²) in [5.41, 5.74) is 1.98. The van der Waals surface area contributed by atoms with Gasteiger partial charge in [-0.15, -0.1) is 5.10 Å². The number of hydrogen-bond donors (Lipinski definition) is 1. The Kier molecular flexibility index (Phi) is 5.41. The van der Waals surface area contributed by atoms with Crippen LogP contribution in [0.25, 0.3) is 5.65 Å². The van der Waals surface area contributed by atoms with Gasteiger partial charge in [0.15, 0.2) is 11.5 Å². The number of hydrogen-bond acceptors (Lipinski definition) is 7. The molecule has 7 rings (SSSR count). The fourth-order valence-electron chi connectivity index (χ4n) is 6.45. The van der Waals surface area contributed by atoms with Crippen molar-refractivity contribution >= 4 is 23.2 Å². The minimum Gasteiger partial charge on any atom is -0.467 e. The SMILES string of the molecule is COC(=O)C(C)(C)NC(=O)C12COC(c3nc4c(C)cc(N5CC[C@](C)(c6ccccc6)C5)cn4n3)(C1)C2. The van der Waals surface area contributed by atoms with Gasteiger partial charge in [-0.25, -0.2) is 14.3 Å². The Labute approximate surface area is 222 Å². The van der Waals surface area contributed by atoms with Crippen LogP contribution < -0.4 is 10.2 Å². The first-order chi connectivity index (χ1) is 18.0. The van der Waals surface area contributed by atoms with E-state index in [2.05, 4.69) is 66.7 Å². The molecule has 1 aliphatic carbocycles. The largest absolute Gasteiger partial charge is 0.467 e. The monoisotopic (exact) mass is 517 g/mol. The second kappa shape index (κ2) is 8.27. The summed E-state index contributed by atoms with van der Waals surface area (Å²) in [6.45, 7) is 9.87. The van der Waals surface area contributed by atoms with E-state index in [-0.39, 0.29) is 17.9 Å². The molecule has 4 fully saturated rings. The van der Waals surface area contributed by atoms with Crippen LogP contribution in [0, 0.1) is 12.3 Å². The van der Waals surface area contributed by atoms with Gasteiger partial charge in [-0.1, -0.05) is 37.3 Å². The molecule has 200 valence electrons. The Balaban J connectivity index is 1.21. The summed E-state index contributed by atoms with van der Waals surface area (Å²) in [7, 11) is 1.32. The summed E-state index contributed by atoms with van der Waals surface area (Å²) in [5.74, 6) is -0.0673. The van der Waals surface area contributed by atoms with Crippen LogP contribution in [-0.2, 0) is 30.1 Å². The predicted octanol–water partition coefficient (Wildman–Crippen LogP) is 3.28. The fraction of sp³-hybridized carbons (Fsp3) is 0.517. The number of fused-ring (bicyclic) bond motifs is 2. The molecule has 0 spiro atoms. The number of carbonyl (C=O) groups excluding carboxylic acids is 2. The number of methoxy groups -OCH3 is 1. The molecule has 0 radical (unpaired) electrons. The van der Waals surface area contributed by atoms with Gasteiger partial charge in [0, 0.05) is 31.3 Å². The van der Waals surface area contributed by atoms with Crippen LogP contribution in [0.5, 0.6) is 0 Å². The zero-order valence-corrected chi connectivity index (χ0v) is 22.7. The number of aryl methyl sites for hydroxylation is 1. The van der Waals surface area contributed by atoms with Gasteiger partial charge in [0.1, 0.15) is 11.1 Å². The van der Waals surface area contributed by atoms with Crippen molar-refractivity contribution in [3.63, 3.8) is 0 Å². The van der Waals surface area contributed by atoms with Crippen molar-refractivity contribution in [3.8, 4) is 0 Å². The molecule has 4 aliphatic rings. The number of amides is 1. The lowest BCUT2D eigenvalue weighted by molar-refractivity contribution is -0.152. The van der Waals surface area contributed by atoms with E-state index in [0.717, 1.165) is 36.4 Å². The first-order valence-corrected chi connectivity index (χ1v) is 13.2. The summed E-state index contributed by atoms with van der Waals surface area (Å²) >= 11 is 0. The third-order valence-corrected chi connectivity index (χ3v) is 8.80. The molecule has 2 aromatic heterocycles. The van der Waals surface area contributed by atoms with Crippen LogP contribution in [0.15, 0.2) is 42.6 Å². The highest BCUT2D eigenvalue weighted by Gasteiger charge is 2.69. The normalized spacial score (nSPS) is 28.4. The van der Waals surface area contributed by atoms with E-state index in [9.17, 15) is 9.59 Å². The van der Waals surface area contributed by atoms with Crippen LogP contribution in [0.4, 0.5) is 5.69 Å². The van der Waals surface area contributed by atoms with Crippen LogP contribution in [0.1, 0.15) is 57.0 Å².